The number of fused-ring (bicyclic) bond motifs is 2. The van der Waals surface area contributed by atoms with Gasteiger partial charge in [-0.15, -0.1) is 0 Å². The summed E-state index contributed by atoms with van der Waals surface area (Å²) in [5.41, 5.74) is 6.14. The average Bonchev–Trinajstić information content (AvgIpc) is 2.87. The first-order valence-electron chi connectivity index (χ1n) is 12.4. The number of anilines is 1. The molecule has 0 fully saturated rings. The Hall–Kier alpha value is -3.21. The third-order valence-corrected chi connectivity index (χ3v) is 11.5. The van der Waals surface area contributed by atoms with Crippen molar-refractivity contribution in [2.24, 2.45) is 0 Å². The highest BCUT2D eigenvalue weighted by molar-refractivity contribution is 6.99. The van der Waals surface area contributed by atoms with Gasteiger partial charge in [0.05, 0.1) is 30.5 Å². The lowest BCUT2D eigenvalue weighted by molar-refractivity contribution is -0.462. The van der Waals surface area contributed by atoms with Gasteiger partial charge in [0, 0.05) is 25.7 Å². The number of halogens is 5. The van der Waals surface area contributed by atoms with Gasteiger partial charge < -0.3 is 24.3 Å². The summed E-state index contributed by atoms with van der Waals surface area (Å²) in [4.78, 5) is 10.8. The zero-order chi connectivity index (χ0) is 31.0. The number of carbonyl (C=O) groups excluding carboxylic acids is 1. The molecule has 0 radical (unpaired) electrons. The van der Waals surface area contributed by atoms with Crippen LogP contribution >= 0.6 is 23.2 Å². The van der Waals surface area contributed by atoms with E-state index in [1.54, 1.807) is 14.2 Å². The Morgan fingerprint density at radius 3 is 1.98 bits per heavy atom. The number of carboxylic acid groups (broad SMARTS) is 1. The Morgan fingerprint density at radius 2 is 1.54 bits per heavy atom. The zero-order valence-corrected chi connectivity index (χ0v) is 26.5. The minimum absolute atomic E-state index is 0.744. The first-order valence-corrected chi connectivity index (χ1v) is 16.1. The second-order valence-corrected chi connectivity index (χ2v) is 15.3. The van der Waals surface area contributed by atoms with Crippen LogP contribution in [0.1, 0.15) is 11.1 Å². The van der Waals surface area contributed by atoms with E-state index >= 15 is 0 Å². The molecule has 1 heterocycles. The first-order chi connectivity index (χ1) is 19.0. The van der Waals surface area contributed by atoms with E-state index in [4.69, 9.17) is 42.6 Å². The molecule has 0 saturated heterocycles. The van der Waals surface area contributed by atoms with Crippen molar-refractivity contribution in [1.82, 2.24) is 0 Å². The molecule has 2 aromatic rings. The molecule has 1 aliphatic carbocycles. The maximum absolute atomic E-state index is 10.5. The van der Waals surface area contributed by atoms with Crippen LogP contribution in [0.3, 0.4) is 0 Å². The lowest BCUT2D eigenvalue weighted by atomic mass is 9.88. The number of carboxylic acids is 1. The van der Waals surface area contributed by atoms with E-state index in [-0.39, 0.29) is 0 Å². The van der Waals surface area contributed by atoms with Gasteiger partial charge in [0.1, 0.15) is 44.7 Å². The number of benzene rings is 2. The zero-order valence-electron chi connectivity index (χ0n) is 24.0. The van der Waals surface area contributed by atoms with Gasteiger partial charge in [-0.05, 0) is 45.8 Å². The summed E-state index contributed by atoms with van der Waals surface area (Å²) in [6.07, 6.45) is -0.919. The van der Waals surface area contributed by atoms with Crippen LogP contribution in [0.25, 0.3) is 5.57 Å². The standard InChI is InChI=1S/C27H31Cl2N2O2Si.C2HF3O2/c1-30(2)18-14-12-16-22(23-20(32-5)10-9-11-21(23)33-6)17-13-15-19(31(3)4)25(29)27(17)34(7,8)26(16)24(18)28;3-2(4,5)1(6)7/h9-15H,1-8H3;(H,6,7)/q+1;/p-1. The molecular weight excluding hydrogens is 596 g/mol. The Bertz CT molecular complexity index is 1500. The molecule has 0 atom stereocenters. The van der Waals surface area contributed by atoms with Crippen LogP contribution in [0, 0.1) is 0 Å². The molecule has 2 aliphatic rings. The van der Waals surface area contributed by atoms with E-state index in [1.165, 1.54) is 10.4 Å². The highest BCUT2D eigenvalue weighted by Crippen LogP contribution is 2.49. The van der Waals surface area contributed by atoms with Gasteiger partial charge in [-0.1, -0.05) is 48.4 Å². The van der Waals surface area contributed by atoms with Gasteiger partial charge in [-0.3, -0.25) is 0 Å². The molecule has 12 heteroatoms. The van der Waals surface area contributed by atoms with Crippen molar-refractivity contribution in [1.29, 1.82) is 0 Å². The fourth-order valence-electron chi connectivity index (χ4n) is 5.10. The molecule has 0 saturated carbocycles. The van der Waals surface area contributed by atoms with Gasteiger partial charge in [0.25, 0.3) is 0 Å². The monoisotopic (exact) mass is 626 g/mol. The van der Waals surface area contributed by atoms with Crippen LogP contribution in [0.2, 0.25) is 18.1 Å². The smallest absolute Gasteiger partial charge is 0.430 e. The third-order valence-electron chi connectivity index (χ3n) is 6.90. The van der Waals surface area contributed by atoms with E-state index in [1.807, 2.05) is 46.4 Å². The molecule has 0 spiro atoms. The second kappa shape index (κ2) is 12.0. The Labute approximate surface area is 248 Å². The fourth-order valence-corrected chi connectivity index (χ4v) is 10.5. The number of ether oxygens (including phenoxy) is 2. The molecule has 41 heavy (non-hydrogen) atoms. The topological polar surface area (TPSA) is 64.8 Å². The summed E-state index contributed by atoms with van der Waals surface area (Å²) in [6.45, 7) is 4.66. The Kier molecular flexibility index (Phi) is 9.42. The van der Waals surface area contributed by atoms with E-state index in [0.29, 0.717) is 0 Å². The van der Waals surface area contributed by atoms with E-state index < -0.39 is 20.2 Å². The maximum Gasteiger partial charge on any atom is 0.430 e. The van der Waals surface area contributed by atoms with Crippen LogP contribution in [-0.2, 0) is 4.79 Å². The highest BCUT2D eigenvalue weighted by Gasteiger charge is 2.45. The molecule has 6 nitrogen and oxygen atoms in total. The minimum atomic E-state index is -5.19. The van der Waals surface area contributed by atoms with Crippen LogP contribution in [0.15, 0.2) is 58.3 Å². The van der Waals surface area contributed by atoms with Crippen molar-refractivity contribution in [2.75, 3.05) is 47.3 Å². The van der Waals surface area contributed by atoms with Crippen LogP contribution in [-0.4, -0.2) is 72.9 Å². The van der Waals surface area contributed by atoms with Crippen LogP contribution in [0.5, 0.6) is 11.5 Å². The van der Waals surface area contributed by atoms with Gasteiger partial charge in [0.15, 0.2) is 0 Å². The van der Waals surface area contributed by atoms with Crippen molar-refractivity contribution >= 4 is 59.4 Å². The van der Waals surface area contributed by atoms with E-state index in [0.717, 1.165) is 55.2 Å². The van der Waals surface area contributed by atoms with Gasteiger partial charge in [-0.25, -0.2) is 4.58 Å². The molecule has 0 bridgehead atoms. The number of methoxy groups -OCH3 is 2. The molecule has 2 aromatic carbocycles. The largest absolute Gasteiger partial charge is 0.542 e. The second-order valence-electron chi connectivity index (χ2n) is 10.3. The summed E-state index contributed by atoms with van der Waals surface area (Å²) < 4.78 is 45.3. The number of alkyl halides is 3. The number of allylic oxidation sites excluding steroid dienone is 5. The quantitative estimate of drug-likeness (QED) is 0.361. The van der Waals surface area contributed by atoms with Gasteiger partial charge in [-0.2, -0.15) is 13.2 Å². The van der Waals surface area contributed by atoms with Crippen molar-refractivity contribution < 1.29 is 37.1 Å². The average molecular weight is 628 g/mol. The number of carbonyl (C=O) groups is 1. The molecule has 0 amide bonds. The number of hydrogen-bond acceptors (Lipinski definition) is 5. The lowest BCUT2D eigenvalue weighted by Gasteiger charge is -2.39. The van der Waals surface area contributed by atoms with Crippen LogP contribution < -0.4 is 24.7 Å². The SMILES string of the molecule is COc1cccc(OC)c1C1=C2C=CC(=[N+](C)C)C(Cl)=C2[Si](C)(C)c2c1ccc(N(C)C)c2Cl.O=C([O-])C(F)(F)F. The summed E-state index contributed by atoms with van der Waals surface area (Å²) in [5, 5.41) is 12.7. The van der Waals surface area contributed by atoms with Gasteiger partial charge >= 0.3 is 6.18 Å². The summed E-state index contributed by atoms with van der Waals surface area (Å²) in [6, 6.07) is 10.1. The van der Waals surface area contributed by atoms with E-state index in [2.05, 4.69) is 46.9 Å². The predicted octanol–water partition coefficient (Wildman–Crippen LogP) is 4.77. The van der Waals surface area contributed by atoms with Crippen LogP contribution in [0.4, 0.5) is 18.9 Å². The number of rotatable bonds is 4. The number of hydrogen-bond donors (Lipinski definition) is 0. The molecule has 4 rings (SSSR count). The number of aliphatic carboxylic acids is 1. The summed E-state index contributed by atoms with van der Waals surface area (Å²) in [5.74, 6) is -1.52. The van der Waals surface area contributed by atoms with Crippen molar-refractivity contribution in [3.05, 3.63) is 74.4 Å². The molecule has 1 aliphatic heterocycles. The Morgan fingerprint density at radius 1 is 1.00 bits per heavy atom. The van der Waals surface area contributed by atoms with Crippen molar-refractivity contribution in [3.63, 3.8) is 0 Å². The molecule has 0 unspecified atom stereocenters. The molecular formula is C29H31Cl2F3N2O4Si. The summed E-state index contributed by atoms with van der Waals surface area (Å²) >= 11 is 14.4. The Balaban J connectivity index is 0.000000587. The summed E-state index contributed by atoms with van der Waals surface area (Å²) in [7, 11) is 9.12. The van der Waals surface area contributed by atoms with Gasteiger partial charge in [0.2, 0.25) is 5.71 Å². The minimum Gasteiger partial charge on any atom is -0.542 e. The van der Waals surface area contributed by atoms with E-state index in [9.17, 15) is 13.2 Å². The molecule has 220 valence electrons. The molecule has 0 aromatic heterocycles. The lowest BCUT2D eigenvalue weighted by Crippen LogP contribution is -2.51. The first kappa shape index (κ1) is 32.3. The predicted molar refractivity (Wildman–Crippen MR) is 159 cm³/mol. The van der Waals surface area contributed by atoms with Crippen molar-refractivity contribution in [3.8, 4) is 11.5 Å². The maximum atomic E-state index is 10.5. The normalized spacial score (nSPS) is 15.5. The fraction of sp³-hybridized carbons (Fsp3) is 0.310. The molecule has 0 N–H and O–H groups in total. The highest BCUT2D eigenvalue weighted by atomic mass is 35.5. The number of nitrogens with zero attached hydrogens (tertiary/aromatic N) is 2. The third kappa shape index (κ3) is 5.91. The van der Waals surface area contributed by atoms with Crippen molar-refractivity contribution in [2.45, 2.75) is 19.3 Å².